The van der Waals surface area contributed by atoms with Crippen LogP contribution in [0.1, 0.15) is 6.92 Å². The van der Waals surface area contributed by atoms with Gasteiger partial charge in [0.05, 0.1) is 19.0 Å². The Morgan fingerprint density at radius 3 is 2.45 bits per heavy atom. The largest absolute Gasteiger partial charge is 0.870 e. The standard InChI is InChI=1S/C14H19NO5S.H2O/c1-11(2)14(16)20-9-8-15(3,4)12-6-5-7-13(10-12)21(17,18)19;/h5-7,10H,1,8-9H2,2-4H3;1H2. The maximum Gasteiger partial charge on any atom is 0.333 e. The zero-order chi connectivity index (χ0) is 16.3. The van der Waals surface area contributed by atoms with Crippen LogP contribution in [0, 0.1) is 0 Å². The van der Waals surface area contributed by atoms with E-state index in [1.54, 1.807) is 19.1 Å². The molecule has 0 atom stereocenters. The molecular formula is C14H21NO6S. The minimum absolute atomic E-state index is 0. The molecule has 0 radical (unpaired) electrons. The summed E-state index contributed by atoms with van der Waals surface area (Å²) in [5, 5.41) is 0. The summed E-state index contributed by atoms with van der Waals surface area (Å²) in [5.74, 6) is -0.457. The number of benzene rings is 1. The van der Waals surface area contributed by atoms with Crippen LogP contribution in [0.15, 0.2) is 41.3 Å². The average Bonchev–Trinajstić information content (AvgIpc) is 2.37. The first-order valence-corrected chi connectivity index (χ1v) is 7.72. The molecule has 8 heteroatoms. The van der Waals surface area contributed by atoms with Crippen molar-refractivity contribution in [2.45, 2.75) is 11.8 Å². The second-order valence-corrected chi connectivity index (χ2v) is 6.72. The normalized spacial score (nSPS) is 11.5. The molecule has 0 aliphatic carbocycles. The van der Waals surface area contributed by atoms with E-state index in [0.717, 1.165) is 0 Å². The van der Waals surface area contributed by atoms with Gasteiger partial charge in [-0.2, -0.15) is 8.42 Å². The van der Waals surface area contributed by atoms with Crippen LogP contribution in [-0.4, -0.2) is 51.7 Å². The second kappa shape index (κ2) is 7.50. The molecule has 0 spiro atoms. The molecule has 2 N–H and O–H groups in total. The van der Waals surface area contributed by atoms with Crippen molar-refractivity contribution in [3.05, 3.63) is 36.4 Å². The van der Waals surface area contributed by atoms with Crippen LogP contribution in [0.3, 0.4) is 0 Å². The molecule has 7 nitrogen and oxygen atoms in total. The van der Waals surface area contributed by atoms with Crippen molar-refractivity contribution >= 4 is 21.8 Å². The molecule has 1 aromatic rings. The minimum atomic E-state index is -4.24. The zero-order valence-electron chi connectivity index (χ0n) is 12.8. The lowest BCUT2D eigenvalue weighted by atomic mass is 10.2. The molecule has 0 amide bonds. The third-order valence-corrected chi connectivity index (χ3v) is 3.90. The fourth-order valence-corrected chi connectivity index (χ4v) is 2.16. The van der Waals surface area contributed by atoms with Gasteiger partial charge < -0.3 is 10.2 Å². The van der Waals surface area contributed by atoms with Gasteiger partial charge in [-0.15, -0.1) is 0 Å². The summed E-state index contributed by atoms with van der Waals surface area (Å²) in [4.78, 5) is 11.1. The van der Waals surface area contributed by atoms with Gasteiger partial charge in [0.1, 0.15) is 18.8 Å². The zero-order valence-corrected chi connectivity index (χ0v) is 13.6. The van der Waals surface area contributed by atoms with E-state index in [1.807, 2.05) is 14.1 Å². The number of hydrogen-bond donors (Lipinski definition) is 1. The predicted molar refractivity (Wildman–Crippen MR) is 82.5 cm³/mol. The van der Waals surface area contributed by atoms with E-state index in [-0.39, 0.29) is 17.0 Å². The molecule has 0 saturated heterocycles. The maximum absolute atomic E-state index is 11.3. The van der Waals surface area contributed by atoms with E-state index >= 15 is 0 Å². The first-order chi connectivity index (χ1) is 9.54. The SMILES string of the molecule is C=C(C)C(=O)OCC[N+](C)(C)c1cccc(S(=O)(=O)O)c1.[OH-]. The first-order valence-electron chi connectivity index (χ1n) is 6.28. The number of carbonyl (C=O) groups is 1. The predicted octanol–water partition coefficient (Wildman–Crippen LogP) is 1.44. The van der Waals surface area contributed by atoms with Gasteiger partial charge in [-0.05, 0) is 19.1 Å². The van der Waals surface area contributed by atoms with Gasteiger partial charge in [0.25, 0.3) is 10.1 Å². The second-order valence-electron chi connectivity index (χ2n) is 5.30. The number of ether oxygens (including phenoxy) is 1. The van der Waals surface area contributed by atoms with Gasteiger partial charge in [0.15, 0.2) is 0 Å². The van der Waals surface area contributed by atoms with Crippen LogP contribution in [-0.2, 0) is 19.6 Å². The van der Waals surface area contributed by atoms with Crippen LogP contribution in [0.5, 0.6) is 0 Å². The Morgan fingerprint density at radius 1 is 1.36 bits per heavy atom. The molecule has 1 aromatic carbocycles. The molecule has 0 aliphatic heterocycles. The summed E-state index contributed by atoms with van der Waals surface area (Å²) < 4.78 is 36.7. The van der Waals surface area contributed by atoms with Gasteiger partial charge >= 0.3 is 5.97 Å². The average molecular weight is 331 g/mol. The number of nitrogens with zero attached hydrogens (tertiary/aromatic N) is 1. The van der Waals surface area contributed by atoms with E-state index < -0.39 is 16.1 Å². The topological polar surface area (TPSA) is 111 Å². The van der Waals surface area contributed by atoms with E-state index in [4.69, 9.17) is 9.29 Å². The Morgan fingerprint density at radius 2 is 1.95 bits per heavy atom. The molecule has 0 unspecified atom stereocenters. The smallest absolute Gasteiger partial charge is 0.333 e. The highest BCUT2D eigenvalue weighted by molar-refractivity contribution is 7.85. The molecule has 124 valence electrons. The third kappa shape index (κ3) is 5.57. The molecule has 0 heterocycles. The van der Waals surface area contributed by atoms with E-state index in [0.29, 0.717) is 22.3 Å². The van der Waals surface area contributed by atoms with Crippen molar-refractivity contribution in [1.82, 2.24) is 4.48 Å². The lowest BCUT2D eigenvalue weighted by molar-refractivity contribution is -0.139. The van der Waals surface area contributed by atoms with Crippen LogP contribution in [0.2, 0.25) is 0 Å². The third-order valence-electron chi connectivity index (χ3n) is 3.05. The van der Waals surface area contributed by atoms with E-state index in [9.17, 15) is 13.2 Å². The maximum atomic E-state index is 11.3. The van der Waals surface area contributed by atoms with Crippen molar-refractivity contribution < 1.29 is 28.0 Å². The number of rotatable bonds is 6. The van der Waals surface area contributed by atoms with Crippen LogP contribution in [0.4, 0.5) is 5.69 Å². The summed E-state index contributed by atoms with van der Waals surface area (Å²) >= 11 is 0. The molecule has 22 heavy (non-hydrogen) atoms. The molecule has 0 fully saturated rings. The van der Waals surface area contributed by atoms with Gasteiger partial charge in [0, 0.05) is 11.6 Å². The fraction of sp³-hybridized carbons (Fsp3) is 0.357. The first kappa shape index (κ1) is 20.3. The molecule has 0 bridgehead atoms. The highest BCUT2D eigenvalue weighted by atomic mass is 32.2. The lowest BCUT2D eigenvalue weighted by Crippen LogP contribution is -2.43. The fourth-order valence-electron chi connectivity index (χ4n) is 1.64. The summed E-state index contributed by atoms with van der Waals surface area (Å²) in [6.45, 7) is 5.69. The van der Waals surface area contributed by atoms with Crippen molar-refractivity contribution in [3.63, 3.8) is 0 Å². The quantitative estimate of drug-likeness (QED) is 0.365. The van der Waals surface area contributed by atoms with Gasteiger partial charge in [-0.1, -0.05) is 12.6 Å². The van der Waals surface area contributed by atoms with E-state index in [2.05, 4.69) is 6.58 Å². The lowest BCUT2D eigenvalue weighted by Gasteiger charge is -2.29. The van der Waals surface area contributed by atoms with Gasteiger partial charge in [-0.3, -0.25) is 9.04 Å². The number of esters is 1. The van der Waals surface area contributed by atoms with Crippen LogP contribution < -0.4 is 4.48 Å². The van der Waals surface area contributed by atoms with Crippen molar-refractivity contribution in [3.8, 4) is 0 Å². The number of hydrogen-bond acceptors (Lipinski definition) is 5. The molecule has 0 aromatic heterocycles. The van der Waals surface area contributed by atoms with E-state index in [1.165, 1.54) is 12.1 Å². The van der Waals surface area contributed by atoms with Crippen molar-refractivity contribution in [2.75, 3.05) is 27.2 Å². The summed E-state index contributed by atoms with van der Waals surface area (Å²) in [6, 6.07) is 6.02. The Bertz CT molecular complexity index is 651. The molecule has 0 saturated carbocycles. The molecule has 1 rings (SSSR count). The van der Waals surface area contributed by atoms with Crippen molar-refractivity contribution in [1.29, 1.82) is 0 Å². The van der Waals surface area contributed by atoms with Crippen molar-refractivity contribution in [2.24, 2.45) is 0 Å². The summed E-state index contributed by atoms with van der Waals surface area (Å²) in [7, 11) is -0.548. The summed E-state index contributed by atoms with van der Waals surface area (Å²) in [6.07, 6.45) is 0. The highest BCUT2D eigenvalue weighted by Gasteiger charge is 2.22. The monoisotopic (exact) mass is 331 g/mol. The number of carbonyl (C=O) groups excluding carboxylic acids is 1. The Balaban J connectivity index is 0.00000441. The molecular weight excluding hydrogens is 310 g/mol. The number of quaternary nitrogens is 1. The van der Waals surface area contributed by atoms with Crippen LogP contribution >= 0.6 is 0 Å². The van der Waals surface area contributed by atoms with Gasteiger partial charge in [-0.25, -0.2) is 4.79 Å². The minimum Gasteiger partial charge on any atom is -0.870 e. The highest BCUT2D eigenvalue weighted by Crippen LogP contribution is 2.22. The molecule has 0 aliphatic rings. The Hall–Kier alpha value is -1.74. The van der Waals surface area contributed by atoms with Crippen LogP contribution in [0.25, 0.3) is 0 Å². The van der Waals surface area contributed by atoms with Gasteiger partial charge in [0.2, 0.25) is 0 Å². The Kier molecular flexibility index (Phi) is 6.91. The number of likely N-dealkylation sites (N-methyl/N-ethyl adjacent to an activating group) is 1. The summed E-state index contributed by atoms with van der Waals surface area (Å²) in [5.41, 5.74) is 1.00. The Labute approximate surface area is 130 Å².